The highest BCUT2D eigenvalue weighted by atomic mass is 16.4. The summed E-state index contributed by atoms with van der Waals surface area (Å²) in [6.07, 6.45) is -0.152. The van der Waals surface area contributed by atoms with Crippen molar-refractivity contribution in [3.05, 3.63) is 0 Å². The molecule has 1 fully saturated rings. The van der Waals surface area contributed by atoms with E-state index in [1.54, 1.807) is 0 Å². The van der Waals surface area contributed by atoms with Crippen LogP contribution >= 0.6 is 0 Å². The molecule has 7 nitrogen and oxygen atoms in total. The summed E-state index contributed by atoms with van der Waals surface area (Å²) in [7, 11) is 0. The van der Waals surface area contributed by atoms with Gasteiger partial charge < -0.3 is 27.0 Å². The van der Waals surface area contributed by atoms with Gasteiger partial charge in [-0.3, -0.25) is 4.79 Å². The standard InChI is InChI=1S/C5H9NO3.CH4N2O/c7-3-1-4(5(8)9)6-2-3;2-1(3)4/h3-4,6-7H,1-2H2,(H,8,9);(H4,2,3,4)/t3-,4+;/m1./s1. The number of aliphatic hydroxyl groups excluding tert-OH is 1. The van der Waals surface area contributed by atoms with E-state index in [-0.39, 0.29) is 0 Å². The lowest BCUT2D eigenvalue weighted by atomic mass is 10.2. The number of aliphatic hydroxyl groups is 1. The summed E-state index contributed by atoms with van der Waals surface area (Å²) in [5, 5.41) is 19.8. The molecule has 0 aromatic rings. The monoisotopic (exact) mass is 191 g/mol. The van der Waals surface area contributed by atoms with Gasteiger partial charge in [0, 0.05) is 13.0 Å². The van der Waals surface area contributed by atoms with Gasteiger partial charge in [0.15, 0.2) is 0 Å². The third-order valence-corrected chi connectivity index (χ3v) is 1.41. The van der Waals surface area contributed by atoms with Crippen LogP contribution in [0.15, 0.2) is 0 Å². The van der Waals surface area contributed by atoms with Crippen LogP contribution in [0.5, 0.6) is 0 Å². The van der Waals surface area contributed by atoms with Crippen molar-refractivity contribution in [1.82, 2.24) is 5.32 Å². The molecule has 0 aromatic heterocycles. The van der Waals surface area contributed by atoms with Crippen LogP contribution < -0.4 is 16.8 Å². The predicted molar refractivity (Wildman–Crippen MR) is 43.8 cm³/mol. The minimum atomic E-state index is -0.883. The first-order valence-electron chi connectivity index (χ1n) is 3.62. The molecular formula is C6H13N3O4. The van der Waals surface area contributed by atoms with E-state index < -0.39 is 24.1 Å². The zero-order valence-corrected chi connectivity index (χ0v) is 6.93. The zero-order valence-electron chi connectivity index (χ0n) is 6.93. The fourth-order valence-electron chi connectivity index (χ4n) is 0.905. The number of hydrogen-bond acceptors (Lipinski definition) is 4. The molecule has 7 N–H and O–H groups in total. The van der Waals surface area contributed by atoms with Crippen LogP contribution in [-0.4, -0.2) is 40.9 Å². The molecule has 0 spiro atoms. The molecule has 0 unspecified atom stereocenters. The van der Waals surface area contributed by atoms with Gasteiger partial charge in [0.2, 0.25) is 0 Å². The van der Waals surface area contributed by atoms with Crippen LogP contribution in [-0.2, 0) is 4.79 Å². The van der Waals surface area contributed by atoms with Gasteiger partial charge in [-0.2, -0.15) is 0 Å². The van der Waals surface area contributed by atoms with Crippen molar-refractivity contribution < 1.29 is 19.8 Å². The number of carbonyl (C=O) groups is 2. The minimum Gasteiger partial charge on any atom is -0.480 e. The van der Waals surface area contributed by atoms with Crippen molar-refractivity contribution in [1.29, 1.82) is 0 Å². The maximum Gasteiger partial charge on any atom is 0.320 e. The number of carboxylic acids is 1. The number of rotatable bonds is 1. The molecule has 13 heavy (non-hydrogen) atoms. The van der Waals surface area contributed by atoms with E-state index in [1.165, 1.54) is 0 Å². The van der Waals surface area contributed by atoms with Crippen molar-refractivity contribution in [2.75, 3.05) is 6.54 Å². The smallest absolute Gasteiger partial charge is 0.320 e. The van der Waals surface area contributed by atoms with Crippen molar-refractivity contribution in [3.63, 3.8) is 0 Å². The molecule has 7 heteroatoms. The first kappa shape index (κ1) is 11.7. The average Bonchev–Trinajstić information content (AvgIpc) is 2.34. The molecule has 1 aliphatic heterocycles. The molecule has 2 atom stereocenters. The van der Waals surface area contributed by atoms with E-state index in [2.05, 4.69) is 16.8 Å². The van der Waals surface area contributed by atoms with Gasteiger partial charge >= 0.3 is 12.0 Å². The quantitative estimate of drug-likeness (QED) is 0.320. The minimum absolute atomic E-state index is 0.329. The maximum absolute atomic E-state index is 10.2. The second-order valence-electron chi connectivity index (χ2n) is 2.59. The van der Waals surface area contributed by atoms with Crippen LogP contribution in [0.25, 0.3) is 0 Å². The molecule has 0 radical (unpaired) electrons. The van der Waals surface area contributed by atoms with Crippen LogP contribution in [0.4, 0.5) is 4.79 Å². The van der Waals surface area contributed by atoms with E-state index in [1.807, 2.05) is 0 Å². The number of primary amides is 2. The SMILES string of the molecule is NC(N)=O.O=C(O)[C@@H]1C[C@@H](O)CN1. The Kier molecular flexibility index (Phi) is 4.78. The van der Waals surface area contributed by atoms with E-state index >= 15 is 0 Å². The molecule has 1 heterocycles. The van der Waals surface area contributed by atoms with Crippen LogP contribution in [0.1, 0.15) is 6.42 Å². The number of carboxylic acid groups (broad SMARTS) is 1. The third-order valence-electron chi connectivity index (χ3n) is 1.41. The molecule has 0 saturated carbocycles. The Morgan fingerprint density at radius 2 is 1.85 bits per heavy atom. The molecule has 1 saturated heterocycles. The normalized spacial score (nSPS) is 25.9. The molecule has 76 valence electrons. The largest absolute Gasteiger partial charge is 0.480 e. The molecule has 0 bridgehead atoms. The second kappa shape index (κ2) is 5.33. The number of β-amino-alcohol motifs (C(OH)–C–C–N with tert-alkyl or cyclic N) is 1. The Balaban J connectivity index is 0.000000310. The summed E-state index contributed by atoms with van der Waals surface area (Å²) in [4.78, 5) is 19.2. The number of amides is 2. The number of nitrogens with one attached hydrogen (secondary N) is 1. The lowest BCUT2D eigenvalue weighted by Crippen LogP contribution is -2.29. The number of hydrogen-bond donors (Lipinski definition) is 5. The van der Waals surface area contributed by atoms with Crippen molar-refractivity contribution in [2.45, 2.75) is 18.6 Å². The molecule has 0 aromatic carbocycles. The van der Waals surface area contributed by atoms with Gasteiger partial charge in [-0.25, -0.2) is 4.79 Å². The molecule has 1 rings (SSSR count). The fourth-order valence-corrected chi connectivity index (χ4v) is 0.905. The van der Waals surface area contributed by atoms with Gasteiger partial charge in [0.05, 0.1) is 6.10 Å². The van der Waals surface area contributed by atoms with Crippen LogP contribution in [0.3, 0.4) is 0 Å². The van der Waals surface area contributed by atoms with E-state index in [9.17, 15) is 4.79 Å². The lowest BCUT2D eigenvalue weighted by Gasteiger charge is -1.99. The molecule has 0 aliphatic carbocycles. The van der Waals surface area contributed by atoms with Crippen LogP contribution in [0.2, 0.25) is 0 Å². The summed E-state index contributed by atoms with van der Waals surface area (Å²) < 4.78 is 0. The maximum atomic E-state index is 10.2. The molecule has 2 amide bonds. The average molecular weight is 191 g/mol. The first-order valence-corrected chi connectivity index (χ1v) is 3.62. The van der Waals surface area contributed by atoms with E-state index in [0.717, 1.165) is 0 Å². The Labute approximate surface area is 74.7 Å². The predicted octanol–water partition coefficient (Wildman–Crippen LogP) is -2.18. The van der Waals surface area contributed by atoms with Crippen molar-refractivity contribution >= 4 is 12.0 Å². The Morgan fingerprint density at radius 1 is 1.38 bits per heavy atom. The lowest BCUT2D eigenvalue weighted by molar-refractivity contribution is -0.139. The number of urea groups is 1. The van der Waals surface area contributed by atoms with Gasteiger partial charge in [-0.15, -0.1) is 0 Å². The summed E-state index contributed by atoms with van der Waals surface area (Å²) in [6.45, 7) is 0.400. The second-order valence-corrected chi connectivity index (χ2v) is 2.59. The van der Waals surface area contributed by atoms with Gasteiger partial charge in [-0.1, -0.05) is 0 Å². The molecule has 1 aliphatic rings. The highest BCUT2D eigenvalue weighted by molar-refractivity contribution is 5.73. The summed E-state index contributed by atoms with van der Waals surface area (Å²) in [6, 6.07) is -1.38. The fraction of sp³-hybridized carbons (Fsp3) is 0.667. The Hall–Kier alpha value is -1.34. The highest BCUT2D eigenvalue weighted by Gasteiger charge is 2.27. The third kappa shape index (κ3) is 5.88. The summed E-state index contributed by atoms with van der Waals surface area (Å²) in [5.41, 5.74) is 8.50. The van der Waals surface area contributed by atoms with E-state index in [0.29, 0.717) is 13.0 Å². The topological polar surface area (TPSA) is 139 Å². The van der Waals surface area contributed by atoms with Gasteiger partial charge in [0.1, 0.15) is 6.04 Å². The van der Waals surface area contributed by atoms with Gasteiger partial charge in [0.25, 0.3) is 0 Å². The summed E-state index contributed by atoms with van der Waals surface area (Å²) >= 11 is 0. The number of aliphatic carboxylic acids is 1. The summed E-state index contributed by atoms with van der Waals surface area (Å²) in [5.74, 6) is -0.883. The first-order chi connectivity index (χ1) is 5.93. The van der Waals surface area contributed by atoms with Crippen molar-refractivity contribution in [3.8, 4) is 0 Å². The Bertz CT molecular complexity index is 192. The highest BCUT2D eigenvalue weighted by Crippen LogP contribution is 2.05. The van der Waals surface area contributed by atoms with Crippen LogP contribution in [0, 0.1) is 0 Å². The van der Waals surface area contributed by atoms with Gasteiger partial charge in [-0.05, 0) is 0 Å². The Morgan fingerprint density at radius 3 is 2.00 bits per heavy atom. The zero-order chi connectivity index (χ0) is 10.4. The molecular weight excluding hydrogens is 178 g/mol. The number of carbonyl (C=O) groups excluding carboxylic acids is 1. The number of nitrogens with two attached hydrogens (primary N) is 2. The van der Waals surface area contributed by atoms with E-state index in [4.69, 9.17) is 15.0 Å². The van der Waals surface area contributed by atoms with Crippen molar-refractivity contribution in [2.24, 2.45) is 11.5 Å².